The predicted molar refractivity (Wildman–Crippen MR) is 116 cm³/mol. The Morgan fingerprint density at radius 1 is 0.964 bits per heavy atom. The lowest BCUT2D eigenvalue weighted by Crippen LogP contribution is -2.13. The summed E-state index contributed by atoms with van der Waals surface area (Å²) < 4.78 is 7.08. The molecule has 0 radical (unpaired) electrons. The first-order chi connectivity index (χ1) is 13.6. The summed E-state index contributed by atoms with van der Waals surface area (Å²) in [5.41, 5.74) is 3.96. The third-order valence-electron chi connectivity index (χ3n) is 4.38. The average molecular weight is 455 g/mol. The molecule has 3 aromatic carbocycles. The molecule has 0 spiro atoms. The normalized spacial score (nSPS) is 12.0. The van der Waals surface area contributed by atoms with Gasteiger partial charge < -0.3 is 9.73 Å². The highest BCUT2D eigenvalue weighted by Crippen LogP contribution is 2.30. The topological polar surface area (TPSA) is 51.0 Å². The van der Waals surface area contributed by atoms with E-state index in [1.54, 1.807) is 0 Å². The molecular weight excluding hydrogens is 438 g/mol. The molecule has 4 nitrogen and oxygen atoms in total. The Bertz CT molecular complexity index is 1080. The molecule has 0 fully saturated rings. The third-order valence-corrected chi connectivity index (χ3v) is 5.52. The van der Waals surface area contributed by atoms with Gasteiger partial charge in [-0.15, -0.1) is 10.2 Å². The van der Waals surface area contributed by atoms with Crippen molar-refractivity contribution in [2.45, 2.75) is 13.0 Å². The Kier molecular flexibility index (Phi) is 5.46. The van der Waals surface area contributed by atoms with Gasteiger partial charge >= 0.3 is 0 Å². The zero-order valence-corrected chi connectivity index (χ0v) is 17.4. The van der Waals surface area contributed by atoms with Crippen LogP contribution in [-0.4, -0.2) is 10.2 Å². The van der Waals surface area contributed by atoms with E-state index in [9.17, 15) is 0 Å². The summed E-state index contributed by atoms with van der Waals surface area (Å²) in [4.78, 5) is 0. The summed E-state index contributed by atoms with van der Waals surface area (Å²) in [5, 5.41) is 12.7. The molecule has 0 saturated carbocycles. The van der Waals surface area contributed by atoms with Gasteiger partial charge in [0.15, 0.2) is 0 Å². The molecule has 0 aliphatic rings. The Hall–Kier alpha value is -2.63. The number of anilines is 1. The van der Waals surface area contributed by atoms with Crippen molar-refractivity contribution in [1.82, 2.24) is 10.2 Å². The second-order valence-corrected chi connectivity index (χ2v) is 7.70. The average Bonchev–Trinajstić information content (AvgIpc) is 3.20. The molecule has 4 rings (SSSR count). The zero-order chi connectivity index (χ0) is 19.5. The minimum absolute atomic E-state index is 0.303. The summed E-state index contributed by atoms with van der Waals surface area (Å²) in [6.45, 7) is 2.05. The molecule has 0 aliphatic carbocycles. The number of aromatic nitrogens is 2. The first-order valence-electron chi connectivity index (χ1n) is 8.77. The molecule has 1 heterocycles. The first kappa shape index (κ1) is 18.7. The Morgan fingerprint density at radius 2 is 1.71 bits per heavy atom. The largest absolute Gasteiger partial charge is 0.418 e. The van der Waals surface area contributed by atoms with Crippen molar-refractivity contribution in [1.29, 1.82) is 0 Å². The number of benzene rings is 3. The molecule has 0 aliphatic heterocycles. The van der Waals surface area contributed by atoms with E-state index in [0.717, 1.165) is 26.9 Å². The number of hydrogen-bond donors (Lipinski definition) is 1. The van der Waals surface area contributed by atoms with E-state index in [4.69, 9.17) is 16.0 Å². The fourth-order valence-corrected chi connectivity index (χ4v) is 3.27. The molecule has 0 amide bonds. The fraction of sp³-hybridized carbons (Fsp3) is 0.0909. The van der Waals surface area contributed by atoms with Crippen LogP contribution in [0.4, 0.5) is 5.69 Å². The Balaban J connectivity index is 1.71. The maximum atomic E-state index is 6.07. The predicted octanol–water partition coefficient (Wildman–Crippen LogP) is 6.66. The number of rotatable bonds is 5. The zero-order valence-electron chi connectivity index (χ0n) is 15.1. The highest BCUT2D eigenvalue weighted by atomic mass is 79.9. The number of halogens is 2. The van der Waals surface area contributed by atoms with Crippen LogP contribution >= 0.6 is 27.5 Å². The van der Waals surface area contributed by atoms with Crippen molar-refractivity contribution in [2.75, 3.05) is 5.32 Å². The highest BCUT2D eigenvalue weighted by molar-refractivity contribution is 9.10. The van der Waals surface area contributed by atoms with E-state index in [1.807, 2.05) is 73.7 Å². The molecular formula is C22H17BrClN3O. The van der Waals surface area contributed by atoms with Gasteiger partial charge in [0.1, 0.15) is 6.04 Å². The van der Waals surface area contributed by atoms with Gasteiger partial charge in [-0.3, -0.25) is 0 Å². The van der Waals surface area contributed by atoms with Gasteiger partial charge in [-0.25, -0.2) is 0 Å². The van der Waals surface area contributed by atoms with Gasteiger partial charge in [0, 0.05) is 20.7 Å². The van der Waals surface area contributed by atoms with Crippen LogP contribution in [0.5, 0.6) is 0 Å². The lowest BCUT2D eigenvalue weighted by molar-refractivity contribution is 0.494. The summed E-state index contributed by atoms with van der Waals surface area (Å²) >= 11 is 9.61. The van der Waals surface area contributed by atoms with Crippen LogP contribution in [0.1, 0.15) is 23.1 Å². The lowest BCUT2D eigenvalue weighted by atomic mass is 10.1. The van der Waals surface area contributed by atoms with Crippen LogP contribution in [0.25, 0.3) is 11.5 Å². The molecule has 28 heavy (non-hydrogen) atoms. The van der Waals surface area contributed by atoms with E-state index < -0.39 is 0 Å². The third kappa shape index (κ3) is 4.11. The van der Waals surface area contributed by atoms with E-state index in [0.29, 0.717) is 16.8 Å². The van der Waals surface area contributed by atoms with Crippen molar-refractivity contribution >= 4 is 33.2 Å². The number of hydrogen-bond acceptors (Lipinski definition) is 4. The molecule has 1 aromatic heterocycles. The van der Waals surface area contributed by atoms with E-state index in [1.165, 1.54) is 0 Å². The summed E-state index contributed by atoms with van der Waals surface area (Å²) in [6.07, 6.45) is 0. The molecule has 0 bridgehead atoms. The molecule has 4 aromatic rings. The smallest absolute Gasteiger partial charge is 0.247 e. The molecule has 1 atom stereocenters. The van der Waals surface area contributed by atoms with Gasteiger partial charge in [0.25, 0.3) is 0 Å². The van der Waals surface area contributed by atoms with E-state index in [-0.39, 0.29) is 6.04 Å². The van der Waals surface area contributed by atoms with Crippen molar-refractivity contribution in [3.8, 4) is 11.5 Å². The molecule has 6 heteroatoms. The minimum atomic E-state index is -0.303. The van der Waals surface area contributed by atoms with Crippen LogP contribution in [0.15, 0.2) is 81.7 Å². The number of aryl methyl sites for hydroxylation is 1. The van der Waals surface area contributed by atoms with Gasteiger partial charge in [-0.2, -0.15) is 0 Å². The number of nitrogens with zero attached hydrogens (tertiary/aromatic N) is 2. The second-order valence-electron chi connectivity index (χ2n) is 6.40. The first-order valence-corrected chi connectivity index (χ1v) is 9.94. The van der Waals surface area contributed by atoms with Gasteiger partial charge in [-0.05, 0) is 60.5 Å². The Labute approximate surface area is 176 Å². The van der Waals surface area contributed by atoms with Crippen molar-refractivity contribution < 1.29 is 4.42 Å². The van der Waals surface area contributed by atoms with Crippen LogP contribution in [0.2, 0.25) is 5.02 Å². The fourth-order valence-electron chi connectivity index (χ4n) is 2.89. The van der Waals surface area contributed by atoms with Gasteiger partial charge in [0.05, 0.1) is 0 Å². The maximum absolute atomic E-state index is 6.07. The second kappa shape index (κ2) is 8.17. The van der Waals surface area contributed by atoms with Crippen LogP contribution in [0.3, 0.4) is 0 Å². The van der Waals surface area contributed by atoms with Crippen molar-refractivity contribution in [2.24, 2.45) is 0 Å². The quantitative estimate of drug-likeness (QED) is 0.366. The minimum Gasteiger partial charge on any atom is -0.418 e. The van der Waals surface area contributed by atoms with Gasteiger partial charge in [-0.1, -0.05) is 57.9 Å². The van der Waals surface area contributed by atoms with Crippen LogP contribution in [0, 0.1) is 6.92 Å². The van der Waals surface area contributed by atoms with E-state index in [2.05, 4.69) is 37.5 Å². The summed E-state index contributed by atoms with van der Waals surface area (Å²) in [5.74, 6) is 0.977. The number of nitrogens with one attached hydrogen (secondary N) is 1. The van der Waals surface area contributed by atoms with Gasteiger partial charge in [0.2, 0.25) is 11.8 Å². The molecule has 1 unspecified atom stereocenters. The molecule has 140 valence electrons. The monoisotopic (exact) mass is 453 g/mol. The van der Waals surface area contributed by atoms with Crippen molar-refractivity contribution in [3.63, 3.8) is 0 Å². The summed E-state index contributed by atoms with van der Waals surface area (Å²) in [6, 6.07) is 23.1. The van der Waals surface area contributed by atoms with E-state index >= 15 is 0 Å². The van der Waals surface area contributed by atoms with Crippen molar-refractivity contribution in [3.05, 3.63) is 99.3 Å². The maximum Gasteiger partial charge on any atom is 0.247 e. The molecule has 1 N–H and O–H groups in total. The highest BCUT2D eigenvalue weighted by Gasteiger charge is 2.22. The SMILES string of the molecule is Cc1cc(NC(c2ccc(Cl)cc2)c2nnc(-c3ccccc3)o2)ccc1Br. The summed E-state index contributed by atoms with van der Waals surface area (Å²) in [7, 11) is 0. The molecule has 0 saturated heterocycles. The Morgan fingerprint density at radius 3 is 2.43 bits per heavy atom. The van der Waals surface area contributed by atoms with Crippen LogP contribution < -0.4 is 5.32 Å². The standard InChI is InChI=1S/C22H17BrClN3O/c1-14-13-18(11-12-19(14)23)25-20(15-7-9-17(24)10-8-15)22-27-26-21(28-22)16-5-3-2-4-6-16/h2-13,20,25H,1H3. The van der Waals surface area contributed by atoms with Crippen LogP contribution in [-0.2, 0) is 0 Å². The lowest BCUT2D eigenvalue weighted by Gasteiger charge is -2.18.